The first-order chi connectivity index (χ1) is 8.22. The van der Waals surface area contributed by atoms with Crippen LogP contribution in [0.5, 0.6) is 5.75 Å². The zero-order valence-corrected chi connectivity index (χ0v) is 11.3. The number of nitrogens with one attached hydrogen (secondary N) is 1. The van der Waals surface area contributed by atoms with Gasteiger partial charge in [0.15, 0.2) is 0 Å². The lowest BCUT2D eigenvalue weighted by Gasteiger charge is -2.24. The molecule has 1 aromatic carbocycles. The summed E-state index contributed by atoms with van der Waals surface area (Å²) in [6.45, 7) is 6.37. The van der Waals surface area contributed by atoms with E-state index in [1.807, 2.05) is 25.1 Å². The lowest BCUT2D eigenvalue weighted by molar-refractivity contribution is 0.137. The van der Waals surface area contributed by atoms with Crippen LogP contribution in [0.4, 0.5) is 0 Å². The third kappa shape index (κ3) is 2.93. The van der Waals surface area contributed by atoms with Crippen LogP contribution in [-0.4, -0.2) is 19.2 Å². The van der Waals surface area contributed by atoms with Crippen LogP contribution < -0.4 is 10.1 Å². The molecule has 3 heteroatoms. The predicted molar refractivity (Wildman–Crippen MR) is 71.9 cm³/mol. The molecule has 2 rings (SSSR count). The Labute approximate surface area is 108 Å². The van der Waals surface area contributed by atoms with Crippen molar-refractivity contribution in [2.75, 3.05) is 13.1 Å². The van der Waals surface area contributed by atoms with Crippen LogP contribution in [0.3, 0.4) is 0 Å². The molecule has 1 fully saturated rings. The summed E-state index contributed by atoms with van der Waals surface area (Å²) in [5, 5.41) is 4.17. The van der Waals surface area contributed by atoms with Gasteiger partial charge in [-0.25, -0.2) is 0 Å². The Morgan fingerprint density at radius 2 is 2.35 bits per heavy atom. The minimum atomic E-state index is 0.294. The molecule has 1 aromatic rings. The van der Waals surface area contributed by atoms with Gasteiger partial charge < -0.3 is 10.1 Å². The zero-order chi connectivity index (χ0) is 12.3. The SMILES string of the molecule is CCC(Oc1cccc(Cl)c1C)C1CCNC1. The van der Waals surface area contributed by atoms with E-state index in [2.05, 4.69) is 12.2 Å². The summed E-state index contributed by atoms with van der Waals surface area (Å²) < 4.78 is 6.13. The van der Waals surface area contributed by atoms with Crippen LogP contribution >= 0.6 is 11.6 Å². The molecule has 0 amide bonds. The van der Waals surface area contributed by atoms with E-state index in [9.17, 15) is 0 Å². The molecule has 2 nitrogen and oxygen atoms in total. The Morgan fingerprint density at radius 3 is 3.00 bits per heavy atom. The topological polar surface area (TPSA) is 21.3 Å². The van der Waals surface area contributed by atoms with Crippen LogP contribution in [0.25, 0.3) is 0 Å². The summed E-state index contributed by atoms with van der Waals surface area (Å²) in [5.41, 5.74) is 1.04. The van der Waals surface area contributed by atoms with E-state index in [0.29, 0.717) is 12.0 Å². The van der Waals surface area contributed by atoms with Crippen molar-refractivity contribution in [2.45, 2.75) is 32.8 Å². The molecule has 0 bridgehead atoms. The van der Waals surface area contributed by atoms with Crippen LogP contribution in [0.15, 0.2) is 18.2 Å². The average molecular weight is 254 g/mol. The molecule has 1 N–H and O–H groups in total. The molecule has 0 aliphatic carbocycles. The second-order valence-electron chi connectivity index (χ2n) is 4.68. The Morgan fingerprint density at radius 1 is 1.53 bits per heavy atom. The van der Waals surface area contributed by atoms with E-state index in [1.165, 1.54) is 6.42 Å². The fourth-order valence-corrected chi connectivity index (χ4v) is 2.55. The minimum Gasteiger partial charge on any atom is -0.490 e. The average Bonchev–Trinajstić information content (AvgIpc) is 2.85. The van der Waals surface area contributed by atoms with Gasteiger partial charge in [0, 0.05) is 23.0 Å². The number of rotatable bonds is 4. The summed E-state index contributed by atoms with van der Waals surface area (Å²) in [5.74, 6) is 1.55. The van der Waals surface area contributed by atoms with Gasteiger partial charge in [-0.15, -0.1) is 0 Å². The van der Waals surface area contributed by atoms with E-state index in [-0.39, 0.29) is 0 Å². The molecule has 0 radical (unpaired) electrons. The van der Waals surface area contributed by atoms with Gasteiger partial charge in [-0.2, -0.15) is 0 Å². The number of ether oxygens (including phenoxy) is 1. The van der Waals surface area contributed by atoms with Gasteiger partial charge >= 0.3 is 0 Å². The molecule has 0 aromatic heterocycles. The minimum absolute atomic E-state index is 0.294. The van der Waals surface area contributed by atoms with Crippen molar-refractivity contribution in [1.82, 2.24) is 5.32 Å². The molecule has 17 heavy (non-hydrogen) atoms. The fraction of sp³-hybridized carbons (Fsp3) is 0.571. The van der Waals surface area contributed by atoms with Gasteiger partial charge in [0.1, 0.15) is 11.9 Å². The highest BCUT2D eigenvalue weighted by Crippen LogP contribution is 2.28. The van der Waals surface area contributed by atoms with Gasteiger partial charge in [-0.05, 0) is 38.4 Å². The quantitative estimate of drug-likeness (QED) is 0.888. The third-order valence-electron chi connectivity index (χ3n) is 3.52. The molecule has 0 spiro atoms. The second-order valence-corrected chi connectivity index (χ2v) is 5.09. The predicted octanol–water partition coefficient (Wildman–Crippen LogP) is 3.42. The number of hydrogen-bond donors (Lipinski definition) is 1. The number of hydrogen-bond acceptors (Lipinski definition) is 2. The van der Waals surface area contributed by atoms with Gasteiger partial charge in [0.2, 0.25) is 0 Å². The third-order valence-corrected chi connectivity index (χ3v) is 3.93. The van der Waals surface area contributed by atoms with Crippen LogP contribution in [-0.2, 0) is 0 Å². The van der Waals surface area contributed by atoms with Crippen molar-refractivity contribution < 1.29 is 4.74 Å². The van der Waals surface area contributed by atoms with Gasteiger partial charge in [0.25, 0.3) is 0 Å². The molecule has 94 valence electrons. The first-order valence-electron chi connectivity index (χ1n) is 6.35. The van der Waals surface area contributed by atoms with Gasteiger partial charge in [-0.1, -0.05) is 24.6 Å². The number of benzene rings is 1. The van der Waals surface area contributed by atoms with Crippen LogP contribution in [0.1, 0.15) is 25.3 Å². The second kappa shape index (κ2) is 5.74. The standard InChI is InChI=1S/C14H20ClNO/c1-3-13(11-7-8-16-9-11)17-14-6-4-5-12(15)10(14)2/h4-6,11,13,16H,3,7-9H2,1-2H3. The van der Waals surface area contributed by atoms with Gasteiger partial charge in [-0.3, -0.25) is 0 Å². The molecule has 2 atom stereocenters. The highest BCUT2D eigenvalue weighted by molar-refractivity contribution is 6.31. The lowest BCUT2D eigenvalue weighted by Crippen LogP contribution is -2.28. The molecule has 1 aliphatic heterocycles. The smallest absolute Gasteiger partial charge is 0.124 e. The van der Waals surface area contributed by atoms with E-state index >= 15 is 0 Å². The van der Waals surface area contributed by atoms with Crippen LogP contribution in [0.2, 0.25) is 5.02 Å². The Hall–Kier alpha value is -0.730. The molecule has 2 unspecified atom stereocenters. The Kier molecular flexibility index (Phi) is 4.30. The molecule has 1 saturated heterocycles. The largest absolute Gasteiger partial charge is 0.490 e. The normalized spacial score (nSPS) is 21.5. The summed E-state index contributed by atoms with van der Waals surface area (Å²) in [6.07, 6.45) is 2.54. The van der Waals surface area contributed by atoms with Crippen molar-refractivity contribution in [3.63, 3.8) is 0 Å². The maximum atomic E-state index is 6.13. The highest BCUT2D eigenvalue weighted by Gasteiger charge is 2.25. The van der Waals surface area contributed by atoms with Gasteiger partial charge in [0.05, 0.1) is 0 Å². The first kappa shape index (κ1) is 12.7. The molecule has 1 aliphatic rings. The van der Waals surface area contributed by atoms with Crippen molar-refractivity contribution in [3.05, 3.63) is 28.8 Å². The molecule has 1 heterocycles. The monoisotopic (exact) mass is 253 g/mol. The summed E-state index contributed by atoms with van der Waals surface area (Å²) in [7, 11) is 0. The number of halogens is 1. The summed E-state index contributed by atoms with van der Waals surface area (Å²) >= 11 is 6.11. The van der Waals surface area contributed by atoms with E-state index < -0.39 is 0 Å². The summed E-state index contributed by atoms with van der Waals surface area (Å²) in [6, 6.07) is 5.86. The lowest BCUT2D eigenvalue weighted by atomic mass is 9.99. The van der Waals surface area contributed by atoms with Crippen LogP contribution in [0, 0.1) is 12.8 Å². The van der Waals surface area contributed by atoms with E-state index in [4.69, 9.17) is 16.3 Å². The van der Waals surface area contributed by atoms with Crippen molar-refractivity contribution in [3.8, 4) is 5.75 Å². The maximum Gasteiger partial charge on any atom is 0.124 e. The fourth-order valence-electron chi connectivity index (χ4n) is 2.39. The maximum absolute atomic E-state index is 6.13. The Bertz CT molecular complexity index is 374. The Balaban J connectivity index is 2.09. The summed E-state index contributed by atoms with van der Waals surface area (Å²) in [4.78, 5) is 0. The van der Waals surface area contributed by atoms with Crippen molar-refractivity contribution in [1.29, 1.82) is 0 Å². The van der Waals surface area contributed by atoms with Crippen molar-refractivity contribution >= 4 is 11.6 Å². The van der Waals surface area contributed by atoms with E-state index in [0.717, 1.165) is 35.8 Å². The molecular formula is C14H20ClNO. The molecule has 0 saturated carbocycles. The highest BCUT2D eigenvalue weighted by atomic mass is 35.5. The first-order valence-corrected chi connectivity index (χ1v) is 6.72. The zero-order valence-electron chi connectivity index (χ0n) is 10.5. The van der Waals surface area contributed by atoms with E-state index in [1.54, 1.807) is 0 Å². The molecular weight excluding hydrogens is 234 g/mol. The van der Waals surface area contributed by atoms with Crippen molar-refractivity contribution in [2.24, 2.45) is 5.92 Å².